The lowest BCUT2D eigenvalue weighted by atomic mass is 9.47. The second-order valence-corrected chi connectivity index (χ2v) is 8.20. The molecular weight excluding hydrogens is 260 g/mol. The maximum Gasteiger partial charge on any atom is 0.0846 e. The van der Waals surface area contributed by atoms with E-state index >= 15 is 0 Å². The first-order valence-electron chi connectivity index (χ1n) is 8.59. The molecule has 4 aliphatic carbocycles. The highest BCUT2D eigenvalue weighted by molar-refractivity contribution is 5.35. The first-order valence-corrected chi connectivity index (χ1v) is 8.59. The first-order chi connectivity index (χ1) is 10.2. The number of aliphatic hydroxyl groups is 1. The Bertz CT molecular complexity index is 542. The number of hydrogen-bond donors (Lipinski definition) is 1. The van der Waals surface area contributed by atoms with Crippen molar-refractivity contribution in [2.24, 2.45) is 23.2 Å². The third-order valence-electron chi connectivity index (χ3n) is 6.73. The third kappa shape index (κ3) is 1.85. The van der Waals surface area contributed by atoms with Gasteiger partial charge in [0.05, 0.1) is 19.3 Å². The van der Waals surface area contributed by atoms with E-state index in [1.807, 2.05) is 0 Å². The van der Waals surface area contributed by atoms with E-state index in [0.29, 0.717) is 0 Å². The molecule has 1 aromatic rings. The summed E-state index contributed by atoms with van der Waals surface area (Å²) in [6, 6.07) is 6.53. The van der Waals surface area contributed by atoms with Gasteiger partial charge in [0.25, 0.3) is 0 Å². The second kappa shape index (κ2) is 4.33. The lowest BCUT2D eigenvalue weighted by Gasteiger charge is -2.58. The van der Waals surface area contributed by atoms with E-state index in [1.165, 1.54) is 49.7 Å². The lowest BCUT2D eigenvalue weighted by Crippen LogP contribution is -2.48. The average Bonchev–Trinajstić information content (AvgIpc) is 2.92. The predicted molar refractivity (Wildman–Crippen MR) is 80.5 cm³/mol. The van der Waals surface area contributed by atoms with Crippen LogP contribution in [-0.2, 0) is 18.0 Å². The van der Waals surface area contributed by atoms with E-state index in [0.717, 1.165) is 36.5 Å². The van der Waals surface area contributed by atoms with Crippen LogP contribution >= 0.6 is 0 Å². The van der Waals surface area contributed by atoms with E-state index in [9.17, 15) is 5.11 Å². The van der Waals surface area contributed by atoms with Crippen molar-refractivity contribution in [1.82, 2.24) is 0 Å². The van der Waals surface area contributed by atoms with Gasteiger partial charge in [-0.25, -0.2) is 0 Å². The molecule has 1 aliphatic heterocycles. The summed E-state index contributed by atoms with van der Waals surface area (Å²) in [5, 5.41) is 11.2. The van der Waals surface area contributed by atoms with E-state index < -0.39 is 0 Å². The molecule has 4 fully saturated rings. The number of rotatable bonds is 2. The highest BCUT2D eigenvalue weighted by Crippen LogP contribution is 2.64. The zero-order chi connectivity index (χ0) is 14.0. The fourth-order valence-corrected chi connectivity index (χ4v) is 6.23. The summed E-state index contributed by atoms with van der Waals surface area (Å²) in [6.45, 7) is 1.46. The van der Waals surface area contributed by atoms with Crippen molar-refractivity contribution in [3.8, 4) is 0 Å². The van der Waals surface area contributed by atoms with Gasteiger partial charge in [0.1, 0.15) is 0 Å². The zero-order valence-electron chi connectivity index (χ0n) is 12.6. The topological polar surface area (TPSA) is 29.5 Å². The predicted octanol–water partition coefficient (Wildman–Crippen LogP) is 3.97. The van der Waals surface area contributed by atoms with Crippen molar-refractivity contribution in [2.45, 2.75) is 57.8 Å². The van der Waals surface area contributed by atoms with Gasteiger partial charge in [0.2, 0.25) is 0 Å². The average molecular weight is 284 g/mol. The van der Waals surface area contributed by atoms with Crippen molar-refractivity contribution in [3.05, 3.63) is 34.9 Å². The molecule has 0 amide bonds. The summed E-state index contributed by atoms with van der Waals surface area (Å²) in [6.07, 6.45) is 7.81. The summed E-state index contributed by atoms with van der Waals surface area (Å²) >= 11 is 0. The van der Waals surface area contributed by atoms with Crippen LogP contribution in [0, 0.1) is 23.2 Å². The van der Waals surface area contributed by atoms with Crippen LogP contribution in [0.5, 0.6) is 0 Å². The van der Waals surface area contributed by atoms with Crippen molar-refractivity contribution in [1.29, 1.82) is 0 Å². The standard InChI is InChI=1S/C19H24O2/c20-18(15-1-2-16-10-21-11-17(16)6-15)19-7-12-3-13(8-19)5-14(4-12)9-19/h1-2,6,12-14,18,20H,3-5,7-11H2. The van der Waals surface area contributed by atoms with Gasteiger partial charge < -0.3 is 9.84 Å². The molecule has 0 saturated heterocycles. The molecule has 2 heteroatoms. The quantitative estimate of drug-likeness (QED) is 0.890. The van der Waals surface area contributed by atoms with Gasteiger partial charge >= 0.3 is 0 Å². The summed E-state index contributed by atoms with van der Waals surface area (Å²) in [5.74, 6) is 2.68. The molecule has 0 spiro atoms. The van der Waals surface area contributed by atoms with Crippen LogP contribution in [0.1, 0.15) is 61.3 Å². The third-order valence-corrected chi connectivity index (χ3v) is 6.73. The molecule has 112 valence electrons. The van der Waals surface area contributed by atoms with Gasteiger partial charge in [-0.05, 0) is 73.0 Å². The largest absolute Gasteiger partial charge is 0.388 e. The second-order valence-electron chi connectivity index (χ2n) is 8.20. The molecule has 4 bridgehead atoms. The van der Waals surface area contributed by atoms with Crippen LogP contribution < -0.4 is 0 Å². The molecule has 1 heterocycles. The number of ether oxygens (including phenoxy) is 1. The molecule has 1 N–H and O–H groups in total. The van der Waals surface area contributed by atoms with Crippen LogP contribution in [0.2, 0.25) is 0 Å². The Labute approximate surface area is 126 Å². The number of benzene rings is 1. The van der Waals surface area contributed by atoms with E-state index in [-0.39, 0.29) is 11.5 Å². The molecule has 1 atom stereocenters. The molecule has 2 nitrogen and oxygen atoms in total. The minimum Gasteiger partial charge on any atom is -0.388 e. The van der Waals surface area contributed by atoms with Crippen LogP contribution in [-0.4, -0.2) is 5.11 Å². The molecule has 0 radical (unpaired) electrons. The molecule has 5 aliphatic rings. The SMILES string of the molecule is OC(c1ccc2c(c1)COC2)C12CC3CC(CC(C3)C1)C2. The number of aliphatic hydroxyl groups excluding tert-OH is 1. The van der Waals surface area contributed by atoms with E-state index in [4.69, 9.17) is 4.74 Å². The molecule has 6 rings (SSSR count). The van der Waals surface area contributed by atoms with E-state index in [2.05, 4.69) is 18.2 Å². The Morgan fingerprint density at radius 3 is 2.24 bits per heavy atom. The minimum absolute atomic E-state index is 0.183. The fourth-order valence-electron chi connectivity index (χ4n) is 6.23. The summed E-state index contributed by atoms with van der Waals surface area (Å²) < 4.78 is 5.52. The maximum absolute atomic E-state index is 11.2. The number of fused-ring (bicyclic) bond motifs is 1. The molecule has 1 unspecified atom stereocenters. The van der Waals surface area contributed by atoms with Crippen molar-refractivity contribution >= 4 is 0 Å². The summed E-state index contributed by atoms with van der Waals surface area (Å²) in [7, 11) is 0. The maximum atomic E-state index is 11.2. The van der Waals surface area contributed by atoms with Crippen molar-refractivity contribution in [3.63, 3.8) is 0 Å². The van der Waals surface area contributed by atoms with Gasteiger partial charge in [-0.1, -0.05) is 18.2 Å². The van der Waals surface area contributed by atoms with Gasteiger partial charge in [-0.15, -0.1) is 0 Å². The Balaban J connectivity index is 1.49. The summed E-state index contributed by atoms with van der Waals surface area (Å²) in [5.41, 5.74) is 3.91. The van der Waals surface area contributed by atoms with Crippen LogP contribution in [0.4, 0.5) is 0 Å². The number of hydrogen-bond acceptors (Lipinski definition) is 2. The molecule has 1 aromatic carbocycles. The van der Waals surface area contributed by atoms with Gasteiger partial charge in [-0.2, -0.15) is 0 Å². The monoisotopic (exact) mass is 284 g/mol. The Morgan fingerprint density at radius 1 is 0.952 bits per heavy atom. The minimum atomic E-state index is -0.267. The Morgan fingerprint density at radius 2 is 1.57 bits per heavy atom. The molecule has 0 aromatic heterocycles. The summed E-state index contributed by atoms with van der Waals surface area (Å²) in [4.78, 5) is 0. The van der Waals surface area contributed by atoms with E-state index in [1.54, 1.807) is 0 Å². The first kappa shape index (κ1) is 12.7. The zero-order valence-corrected chi connectivity index (χ0v) is 12.6. The Kier molecular flexibility index (Phi) is 2.61. The highest BCUT2D eigenvalue weighted by Gasteiger charge is 2.54. The van der Waals surface area contributed by atoms with Gasteiger partial charge in [-0.3, -0.25) is 0 Å². The smallest absolute Gasteiger partial charge is 0.0846 e. The van der Waals surface area contributed by atoms with Crippen molar-refractivity contribution < 1.29 is 9.84 Å². The van der Waals surface area contributed by atoms with Gasteiger partial charge in [0, 0.05) is 5.41 Å². The molecular formula is C19H24O2. The normalized spacial score (nSPS) is 41.3. The van der Waals surface area contributed by atoms with Crippen LogP contribution in [0.15, 0.2) is 18.2 Å². The van der Waals surface area contributed by atoms with Crippen molar-refractivity contribution in [2.75, 3.05) is 0 Å². The van der Waals surface area contributed by atoms with Crippen LogP contribution in [0.25, 0.3) is 0 Å². The fraction of sp³-hybridized carbons (Fsp3) is 0.684. The molecule has 21 heavy (non-hydrogen) atoms. The van der Waals surface area contributed by atoms with Crippen LogP contribution in [0.3, 0.4) is 0 Å². The van der Waals surface area contributed by atoms with Gasteiger partial charge in [0.15, 0.2) is 0 Å². The Hall–Kier alpha value is -0.860. The highest BCUT2D eigenvalue weighted by atomic mass is 16.5. The lowest BCUT2D eigenvalue weighted by molar-refractivity contribution is -0.122. The molecule has 4 saturated carbocycles.